The van der Waals surface area contributed by atoms with Gasteiger partial charge in [0, 0.05) is 44.1 Å². The Kier molecular flexibility index (Phi) is 9.08. The van der Waals surface area contributed by atoms with Gasteiger partial charge in [0.1, 0.15) is 5.75 Å². The van der Waals surface area contributed by atoms with Gasteiger partial charge in [-0.15, -0.1) is 0 Å². The van der Waals surface area contributed by atoms with Crippen LogP contribution in [0.1, 0.15) is 56.7 Å². The molecule has 6 nitrogen and oxygen atoms in total. The van der Waals surface area contributed by atoms with Crippen LogP contribution in [-0.4, -0.2) is 49.5 Å². The average molecular weight is 528 g/mol. The molecule has 2 atom stereocenters. The van der Waals surface area contributed by atoms with Crippen LogP contribution in [0.4, 0.5) is 0 Å². The molecule has 0 spiro atoms. The second kappa shape index (κ2) is 12.5. The maximum Gasteiger partial charge on any atom is 0.241 e. The molecule has 0 bridgehead atoms. The summed E-state index contributed by atoms with van der Waals surface area (Å²) in [6.45, 7) is 10.1. The first-order valence-electron chi connectivity index (χ1n) is 13.7. The van der Waals surface area contributed by atoms with Crippen molar-refractivity contribution in [3.8, 4) is 16.9 Å². The van der Waals surface area contributed by atoms with Crippen molar-refractivity contribution in [2.45, 2.75) is 58.0 Å². The zero-order chi connectivity index (χ0) is 28.0. The number of nitrogens with zero attached hydrogens (tertiary/aromatic N) is 1. The van der Waals surface area contributed by atoms with Crippen LogP contribution in [0, 0.1) is 0 Å². The van der Waals surface area contributed by atoms with Gasteiger partial charge in [0.25, 0.3) is 0 Å². The molecule has 0 aromatic heterocycles. The molecule has 0 radical (unpaired) electrons. The van der Waals surface area contributed by atoms with Crippen LogP contribution in [0.3, 0.4) is 0 Å². The lowest BCUT2D eigenvalue weighted by Gasteiger charge is -2.39. The fourth-order valence-corrected chi connectivity index (χ4v) is 5.27. The summed E-state index contributed by atoms with van der Waals surface area (Å²) < 4.78 is 5.72. The average Bonchev–Trinajstić information content (AvgIpc) is 2.94. The van der Waals surface area contributed by atoms with Gasteiger partial charge in [0.05, 0.1) is 13.7 Å². The molecule has 2 N–H and O–H groups in total. The van der Waals surface area contributed by atoms with Gasteiger partial charge in [-0.25, -0.2) is 0 Å². The van der Waals surface area contributed by atoms with Crippen molar-refractivity contribution in [2.75, 3.05) is 26.7 Å². The van der Waals surface area contributed by atoms with Crippen LogP contribution in [-0.2, 0) is 21.5 Å². The third-order valence-corrected chi connectivity index (χ3v) is 7.60. The molecule has 1 aliphatic rings. The third kappa shape index (κ3) is 7.27. The third-order valence-electron chi connectivity index (χ3n) is 7.60. The van der Waals surface area contributed by atoms with E-state index in [0.717, 1.165) is 23.3 Å². The lowest BCUT2D eigenvalue weighted by atomic mass is 9.85. The molecule has 1 heterocycles. The Morgan fingerprint density at radius 3 is 2.31 bits per heavy atom. The van der Waals surface area contributed by atoms with Gasteiger partial charge in [-0.3, -0.25) is 9.59 Å². The van der Waals surface area contributed by atoms with Crippen molar-refractivity contribution in [3.63, 3.8) is 0 Å². The summed E-state index contributed by atoms with van der Waals surface area (Å²) >= 11 is 0. The zero-order valence-corrected chi connectivity index (χ0v) is 23.8. The van der Waals surface area contributed by atoms with E-state index in [1.165, 1.54) is 23.6 Å². The lowest BCUT2D eigenvalue weighted by Crippen LogP contribution is -2.51. The van der Waals surface area contributed by atoms with Crippen molar-refractivity contribution in [2.24, 2.45) is 0 Å². The minimum atomic E-state index is -0.194. The standard InChI is InChI=1S/C33H41N3O3/c1-23(37)34-21-32(38)36-18-17-30(29(22-36)25-9-7-6-8-10-25)35-20-27-19-26(13-16-31(27)39-5)24-11-14-28(15-12-24)33(2,3)4/h6-16,19,29-30,35H,17-18,20-22H2,1-5H3,(H,34,37)/t29-,30-/m0/s1. The molecule has 1 fully saturated rings. The van der Waals surface area contributed by atoms with Crippen molar-refractivity contribution in [1.29, 1.82) is 0 Å². The van der Waals surface area contributed by atoms with E-state index in [1.54, 1.807) is 7.11 Å². The summed E-state index contributed by atoms with van der Waals surface area (Å²) in [5, 5.41) is 6.43. The molecule has 2 amide bonds. The number of carbonyl (C=O) groups excluding carboxylic acids is 2. The maximum atomic E-state index is 12.8. The predicted molar refractivity (Wildman–Crippen MR) is 157 cm³/mol. The number of likely N-dealkylation sites (tertiary alicyclic amines) is 1. The van der Waals surface area contributed by atoms with E-state index < -0.39 is 0 Å². The maximum absolute atomic E-state index is 12.8. The smallest absolute Gasteiger partial charge is 0.241 e. The van der Waals surface area contributed by atoms with Gasteiger partial charge in [0.2, 0.25) is 11.8 Å². The number of benzene rings is 3. The van der Waals surface area contributed by atoms with E-state index in [4.69, 9.17) is 4.74 Å². The fraction of sp³-hybridized carbons (Fsp3) is 0.394. The Labute approximate surface area is 232 Å². The Balaban J connectivity index is 1.51. The number of piperidine rings is 1. The van der Waals surface area contributed by atoms with Crippen LogP contribution in [0.15, 0.2) is 72.8 Å². The fourth-order valence-electron chi connectivity index (χ4n) is 5.27. The van der Waals surface area contributed by atoms with Crippen LogP contribution >= 0.6 is 0 Å². The molecule has 6 heteroatoms. The van der Waals surface area contributed by atoms with Crippen LogP contribution < -0.4 is 15.4 Å². The van der Waals surface area contributed by atoms with E-state index in [9.17, 15) is 9.59 Å². The number of amides is 2. The number of ether oxygens (including phenoxy) is 1. The second-order valence-electron chi connectivity index (χ2n) is 11.4. The molecule has 1 saturated heterocycles. The molecule has 0 aliphatic carbocycles. The molecule has 4 rings (SSSR count). The van der Waals surface area contributed by atoms with Crippen LogP contribution in [0.25, 0.3) is 11.1 Å². The minimum absolute atomic E-state index is 0.0374. The number of hydrogen-bond acceptors (Lipinski definition) is 4. The molecule has 206 valence electrons. The Bertz CT molecular complexity index is 1270. The summed E-state index contributed by atoms with van der Waals surface area (Å²) in [6.07, 6.45) is 0.821. The van der Waals surface area contributed by atoms with Crippen molar-refractivity contribution in [3.05, 3.63) is 89.5 Å². The molecule has 0 unspecified atom stereocenters. The summed E-state index contributed by atoms with van der Waals surface area (Å²) in [6, 6.07) is 25.7. The predicted octanol–water partition coefficient (Wildman–Crippen LogP) is 5.27. The van der Waals surface area contributed by atoms with Gasteiger partial charge in [-0.2, -0.15) is 0 Å². The van der Waals surface area contributed by atoms with Crippen LogP contribution in [0.2, 0.25) is 0 Å². The van der Waals surface area contributed by atoms with Crippen LogP contribution in [0.5, 0.6) is 5.75 Å². The first kappa shape index (κ1) is 28.4. The van der Waals surface area contributed by atoms with Gasteiger partial charge in [-0.05, 0) is 46.2 Å². The molecule has 39 heavy (non-hydrogen) atoms. The second-order valence-corrected chi connectivity index (χ2v) is 11.4. The zero-order valence-electron chi connectivity index (χ0n) is 23.8. The first-order valence-corrected chi connectivity index (χ1v) is 13.7. The monoisotopic (exact) mass is 527 g/mol. The van der Waals surface area contributed by atoms with Crippen molar-refractivity contribution in [1.82, 2.24) is 15.5 Å². The molecular formula is C33H41N3O3. The highest BCUT2D eigenvalue weighted by atomic mass is 16.5. The Morgan fingerprint density at radius 1 is 0.974 bits per heavy atom. The quantitative estimate of drug-likeness (QED) is 0.419. The largest absolute Gasteiger partial charge is 0.496 e. The van der Waals surface area contributed by atoms with Crippen molar-refractivity contribution < 1.29 is 14.3 Å². The highest BCUT2D eigenvalue weighted by Gasteiger charge is 2.32. The van der Waals surface area contributed by atoms with E-state index in [0.29, 0.717) is 19.6 Å². The summed E-state index contributed by atoms with van der Waals surface area (Å²) in [5.41, 5.74) is 6.08. The van der Waals surface area contributed by atoms with E-state index in [1.807, 2.05) is 29.2 Å². The van der Waals surface area contributed by atoms with E-state index in [-0.39, 0.29) is 35.7 Å². The molecule has 3 aromatic carbocycles. The highest BCUT2D eigenvalue weighted by molar-refractivity contribution is 5.83. The molecule has 0 saturated carbocycles. The number of carbonyl (C=O) groups is 2. The van der Waals surface area contributed by atoms with E-state index in [2.05, 4.69) is 79.9 Å². The highest BCUT2D eigenvalue weighted by Crippen LogP contribution is 2.31. The van der Waals surface area contributed by atoms with E-state index >= 15 is 0 Å². The number of nitrogens with one attached hydrogen (secondary N) is 2. The Morgan fingerprint density at radius 2 is 1.67 bits per heavy atom. The Hall–Kier alpha value is -3.64. The first-order chi connectivity index (χ1) is 18.7. The summed E-state index contributed by atoms with van der Waals surface area (Å²) in [7, 11) is 1.71. The van der Waals surface area contributed by atoms with Crippen molar-refractivity contribution >= 4 is 11.8 Å². The molecular weight excluding hydrogens is 486 g/mol. The topological polar surface area (TPSA) is 70.7 Å². The summed E-state index contributed by atoms with van der Waals surface area (Å²) in [4.78, 5) is 25.9. The van der Waals surface area contributed by atoms with Gasteiger partial charge < -0.3 is 20.3 Å². The molecule has 3 aromatic rings. The molecule has 1 aliphatic heterocycles. The van der Waals surface area contributed by atoms with Gasteiger partial charge in [-0.1, -0.05) is 81.4 Å². The number of rotatable bonds is 8. The SMILES string of the molecule is COc1ccc(-c2ccc(C(C)(C)C)cc2)cc1CN[C@H]1CCN(C(=O)CNC(C)=O)C[C@H]1c1ccccc1. The normalized spacial score (nSPS) is 17.5. The minimum Gasteiger partial charge on any atom is -0.496 e. The number of hydrogen-bond donors (Lipinski definition) is 2. The van der Waals surface area contributed by atoms with Gasteiger partial charge >= 0.3 is 0 Å². The lowest BCUT2D eigenvalue weighted by molar-refractivity contribution is -0.133. The summed E-state index contributed by atoms with van der Waals surface area (Å²) in [5.74, 6) is 0.759. The number of methoxy groups -OCH3 is 1. The van der Waals surface area contributed by atoms with Gasteiger partial charge in [0.15, 0.2) is 0 Å².